The van der Waals surface area contributed by atoms with E-state index in [0.29, 0.717) is 24.7 Å². The van der Waals surface area contributed by atoms with Gasteiger partial charge in [0, 0.05) is 44.7 Å². The molecule has 0 aliphatic carbocycles. The standard InChI is InChI=1S/C24H29N5O2/c1-18(2)22-26-24(31-27-22)20-10-6-13-25-23(20)29-15-7-14-28(16-17-29)21(30)12-11-19-8-4-3-5-9-19/h3-6,8-10,13,18H,7,11-12,14-17H2,1-2H3. The average Bonchev–Trinajstić information content (AvgIpc) is 3.17. The Balaban J connectivity index is 1.42. The Kier molecular flexibility index (Phi) is 6.60. The lowest BCUT2D eigenvalue weighted by Crippen LogP contribution is -2.35. The highest BCUT2D eigenvalue weighted by molar-refractivity contribution is 5.76. The van der Waals surface area contributed by atoms with E-state index in [9.17, 15) is 4.79 Å². The van der Waals surface area contributed by atoms with Crippen molar-refractivity contribution < 1.29 is 9.32 Å². The molecule has 1 fully saturated rings. The Bertz CT molecular complexity index is 1000. The molecule has 1 aromatic carbocycles. The number of hydrogen-bond donors (Lipinski definition) is 0. The summed E-state index contributed by atoms with van der Waals surface area (Å²) in [6.07, 6.45) is 4.00. The van der Waals surface area contributed by atoms with Crippen LogP contribution in [-0.2, 0) is 11.2 Å². The zero-order chi connectivity index (χ0) is 21.6. The minimum absolute atomic E-state index is 0.200. The molecule has 0 saturated carbocycles. The molecule has 3 heterocycles. The van der Waals surface area contributed by atoms with Crippen LogP contribution in [0.1, 0.15) is 44.0 Å². The number of carbonyl (C=O) groups is 1. The molecule has 0 bridgehead atoms. The fourth-order valence-corrected chi connectivity index (χ4v) is 3.83. The number of pyridine rings is 1. The smallest absolute Gasteiger partial charge is 0.261 e. The van der Waals surface area contributed by atoms with E-state index in [1.54, 1.807) is 6.20 Å². The van der Waals surface area contributed by atoms with Crippen molar-refractivity contribution in [2.24, 2.45) is 0 Å². The summed E-state index contributed by atoms with van der Waals surface area (Å²) in [7, 11) is 0. The Morgan fingerprint density at radius 3 is 2.68 bits per heavy atom. The molecule has 2 aromatic heterocycles. The van der Waals surface area contributed by atoms with Crippen LogP contribution >= 0.6 is 0 Å². The first-order chi connectivity index (χ1) is 15.1. The number of rotatable bonds is 6. The van der Waals surface area contributed by atoms with Crippen molar-refractivity contribution >= 4 is 11.7 Å². The van der Waals surface area contributed by atoms with Gasteiger partial charge in [-0.25, -0.2) is 4.98 Å². The van der Waals surface area contributed by atoms with Gasteiger partial charge >= 0.3 is 0 Å². The van der Waals surface area contributed by atoms with Crippen LogP contribution in [0.2, 0.25) is 0 Å². The summed E-state index contributed by atoms with van der Waals surface area (Å²) < 4.78 is 5.52. The first kappa shape index (κ1) is 21.0. The van der Waals surface area contributed by atoms with Gasteiger partial charge < -0.3 is 14.3 Å². The molecule has 4 rings (SSSR count). The van der Waals surface area contributed by atoms with E-state index in [1.807, 2.05) is 49.1 Å². The quantitative estimate of drug-likeness (QED) is 0.603. The van der Waals surface area contributed by atoms with Crippen molar-refractivity contribution in [1.29, 1.82) is 0 Å². The first-order valence-electron chi connectivity index (χ1n) is 11.0. The number of aromatic nitrogens is 3. The van der Waals surface area contributed by atoms with Crippen molar-refractivity contribution in [2.75, 3.05) is 31.1 Å². The lowest BCUT2D eigenvalue weighted by Gasteiger charge is -2.24. The fourth-order valence-electron chi connectivity index (χ4n) is 3.83. The number of carbonyl (C=O) groups excluding carboxylic acids is 1. The molecule has 0 spiro atoms. The Hall–Kier alpha value is -3.22. The molecular weight excluding hydrogens is 390 g/mol. The summed E-state index contributed by atoms with van der Waals surface area (Å²) in [6, 6.07) is 14.0. The molecule has 3 aromatic rings. The molecule has 1 aliphatic heterocycles. The van der Waals surface area contributed by atoms with E-state index >= 15 is 0 Å². The van der Waals surface area contributed by atoms with Crippen LogP contribution in [-0.4, -0.2) is 52.1 Å². The molecule has 0 radical (unpaired) electrons. The maximum Gasteiger partial charge on any atom is 0.261 e. The van der Waals surface area contributed by atoms with Crippen molar-refractivity contribution in [2.45, 2.75) is 39.0 Å². The number of aryl methyl sites for hydroxylation is 1. The number of anilines is 1. The molecule has 1 saturated heterocycles. The number of amides is 1. The molecule has 0 N–H and O–H groups in total. The van der Waals surface area contributed by atoms with Gasteiger partial charge in [0.2, 0.25) is 5.91 Å². The van der Waals surface area contributed by atoms with Crippen LogP contribution in [0.5, 0.6) is 0 Å². The number of hydrogen-bond acceptors (Lipinski definition) is 6. The van der Waals surface area contributed by atoms with Crippen LogP contribution in [0.25, 0.3) is 11.5 Å². The lowest BCUT2D eigenvalue weighted by molar-refractivity contribution is -0.130. The predicted molar refractivity (Wildman–Crippen MR) is 120 cm³/mol. The molecule has 31 heavy (non-hydrogen) atoms. The van der Waals surface area contributed by atoms with Crippen molar-refractivity contribution in [3.05, 3.63) is 60.0 Å². The van der Waals surface area contributed by atoms with E-state index in [2.05, 4.69) is 32.2 Å². The molecule has 0 atom stereocenters. The molecule has 1 aliphatic rings. The third-order valence-electron chi connectivity index (χ3n) is 5.59. The first-order valence-corrected chi connectivity index (χ1v) is 11.0. The summed E-state index contributed by atoms with van der Waals surface area (Å²) in [5, 5.41) is 4.09. The van der Waals surface area contributed by atoms with Gasteiger partial charge in [0.05, 0.1) is 5.56 Å². The Labute approximate surface area is 183 Å². The van der Waals surface area contributed by atoms with Gasteiger partial charge in [0.1, 0.15) is 5.82 Å². The van der Waals surface area contributed by atoms with Gasteiger partial charge in [-0.3, -0.25) is 4.79 Å². The average molecular weight is 420 g/mol. The fraction of sp³-hybridized carbons (Fsp3) is 0.417. The molecule has 0 unspecified atom stereocenters. The highest BCUT2D eigenvalue weighted by Crippen LogP contribution is 2.29. The second-order valence-corrected chi connectivity index (χ2v) is 8.19. The molecule has 7 nitrogen and oxygen atoms in total. The zero-order valence-electron chi connectivity index (χ0n) is 18.2. The van der Waals surface area contributed by atoms with E-state index in [0.717, 1.165) is 43.9 Å². The van der Waals surface area contributed by atoms with Gasteiger partial charge in [0.15, 0.2) is 5.82 Å². The number of benzene rings is 1. The van der Waals surface area contributed by atoms with Gasteiger partial charge in [-0.15, -0.1) is 0 Å². The van der Waals surface area contributed by atoms with Crippen LogP contribution in [0, 0.1) is 0 Å². The SMILES string of the molecule is CC(C)c1noc(-c2cccnc2N2CCCN(C(=O)CCc3ccccc3)CC2)n1. The zero-order valence-corrected chi connectivity index (χ0v) is 18.2. The van der Waals surface area contributed by atoms with Crippen LogP contribution in [0.3, 0.4) is 0 Å². The summed E-state index contributed by atoms with van der Waals surface area (Å²) in [5.41, 5.74) is 2.04. The second kappa shape index (κ2) is 9.73. The van der Waals surface area contributed by atoms with Crippen LogP contribution in [0.4, 0.5) is 5.82 Å². The van der Waals surface area contributed by atoms with E-state index in [-0.39, 0.29) is 11.8 Å². The summed E-state index contributed by atoms with van der Waals surface area (Å²) >= 11 is 0. The maximum absolute atomic E-state index is 12.8. The van der Waals surface area contributed by atoms with Crippen LogP contribution in [0.15, 0.2) is 53.2 Å². The summed E-state index contributed by atoms with van der Waals surface area (Å²) in [4.78, 5) is 26.1. The molecule has 1 amide bonds. The molecule has 162 valence electrons. The van der Waals surface area contributed by atoms with Crippen molar-refractivity contribution in [3.63, 3.8) is 0 Å². The van der Waals surface area contributed by atoms with Gasteiger partial charge in [-0.2, -0.15) is 4.98 Å². The van der Waals surface area contributed by atoms with E-state index in [1.165, 1.54) is 5.56 Å². The third kappa shape index (κ3) is 5.10. The normalized spacial score (nSPS) is 14.7. The third-order valence-corrected chi connectivity index (χ3v) is 5.59. The van der Waals surface area contributed by atoms with Gasteiger partial charge in [-0.05, 0) is 30.5 Å². The predicted octanol–water partition coefficient (Wildman–Crippen LogP) is 3.93. The van der Waals surface area contributed by atoms with Crippen LogP contribution < -0.4 is 4.90 Å². The van der Waals surface area contributed by atoms with E-state index in [4.69, 9.17) is 4.52 Å². The van der Waals surface area contributed by atoms with Gasteiger partial charge in [0.25, 0.3) is 5.89 Å². The minimum atomic E-state index is 0.200. The topological polar surface area (TPSA) is 75.4 Å². The largest absolute Gasteiger partial charge is 0.354 e. The maximum atomic E-state index is 12.8. The summed E-state index contributed by atoms with van der Waals surface area (Å²) in [6.45, 7) is 7.09. The lowest BCUT2D eigenvalue weighted by atomic mass is 10.1. The molecule has 7 heteroatoms. The number of nitrogens with zero attached hydrogens (tertiary/aromatic N) is 5. The van der Waals surface area contributed by atoms with Gasteiger partial charge in [-0.1, -0.05) is 49.3 Å². The Morgan fingerprint density at radius 2 is 1.90 bits per heavy atom. The monoisotopic (exact) mass is 419 g/mol. The summed E-state index contributed by atoms with van der Waals surface area (Å²) in [5.74, 6) is 2.43. The Morgan fingerprint density at radius 1 is 1.06 bits per heavy atom. The molecular formula is C24H29N5O2. The minimum Gasteiger partial charge on any atom is -0.354 e. The highest BCUT2D eigenvalue weighted by atomic mass is 16.5. The second-order valence-electron chi connectivity index (χ2n) is 8.19. The van der Waals surface area contributed by atoms with Crippen molar-refractivity contribution in [3.8, 4) is 11.5 Å². The van der Waals surface area contributed by atoms with E-state index < -0.39 is 0 Å². The van der Waals surface area contributed by atoms with Crippen molar-refractivity contribution in [1.82, 2.24) is 20.0 Å². The highest BCUT2D eigenvalue weighted by Gasteiger charge is 2.23.